The van der Waals surface area contributed by atoms with Gasteiger partial charge in [0, 0.05) is 24.5 Å². The lowest BCUT2D eigenvalue weighted by Crippen LogP contribution is -1.90. The second kappa shape index (κ2) is 7.96. The molecular weight excluding hydrogens is 160 g/mol. The highest BCUT2D eigenvalue weighted by Crippen LogP contribution is 1.96. The van der Waals surface area contributed by atoms with Crippen LogP contribution in [0.5, 0.6) is 0 Å². The molecule has 0 fully saturated rings. The molecule has 0 radical (unpaired) electrons. The fourth-order valence-corrected chi connectivity index (χ4v) is 1.01. The van der Waals surface area contributed by atoms with Crippen LogP contribution in [0.4, 0.5) is 0 Å². The second-order valence-corrected chi connectivity index (χ2v) is 3.72. The van der Waals surface area contributed by atoms with Gasteiger partial charge in [-0.2, -0.15) is 0 Å². The summed E-state index contributed by atoms with van der Waals surface area (Å²) in [4.78, 5) is 8.68. The Labute approximate surface area is 82.2 Å². The summed E-state index contributed by atoms with van der Waals surface area (Å²) in [5, 5.41) is 0. The van der Waals surface area contributed by atoms with Crippen LogP contribution in [0.1, 0.15) is 47.0 Å². The molecule has 13 heavy (non-hydrogen) atoms. The zero-order valence-electron chi connectivity index (χ0n) is 9.43. The van der Waals surface area contributed by atoms with Crippen LogP contribution in [0.15, 0.2) is 9.98 Å². The summed E-state index contributed by atoms with van der Waals surface area (Å²) < 4.78 is 0. The number of unbranched alkanes of at least 4 members (excludes halogenated alkanes) is 2. The van der Waals surface area contributed by atoms with Gasteiger partial charge in [0.2, 0.25) is 0 Å². The Hall–Kier alpha value is -0.660. The Morgan fingerprint density at radius 2 is 1.08 bits per heavy atom. The molecule has 0 spiro atoms. The molecule has 0 aromatic carbocycles. The van der Waals surface area contributed by atoms with Crippen LogP contribution in [0.3, 0.4) is 0 Å². The SMILES string of the molecule is CC(C)=NCCCCCN=C(C)C. The third-order valence-electron chi connectivity index (χ3n) is 1.67. The van der Waals surface area contributed by atoms with E-state index in [1.807, 2.05) is 27.7 Å². The highest BCUT2D eigenvalue weighted by molar-refractivity contribution is 5.79. The van der Waals surface area contributed by atoms with Gasteiger partial charge in [-0.25, -0.2) is 0 Å². The molecule has 0 amide bonds. The van der Waals surface area contributed by atoms with E-state index in [0.29, 0.717) is 0 Å². The Morgan fingerprint density at radius 3 is 1.38 bits per heavy atom. The maximum Gasteiger partial charge on any atom is 0.0388 e. The van der Waals surface area contributed by atoms with Crippen LogP contribution in [0.25, 0.3) is 0 Å². The highest BCUT2D eigenvalue weighted by atomic mass is 14.7. The van der Waals surface area contributed by atoms with Crippen molar-refractivity contribution >= 4 is 11.4 Å². The predicted molar refractivity (Wildman–Crippen MR) is 61.2 cm³/mol. The van der Waals surface area contributed by atoms with Crippen molar-refractivity contribution < 1.29 is 0 Å². The molecule has 0 aliphatic carbocycles. The lowest BCUT2D eigenvalue weighted by molar-refractivity contribution is 0.696. The zero-order chi connectivity index (χ0) is 10.1. The molecule has 0 bridgehead atoms. The van der Waals surface area contributed by atoms with E-state index in [1.165, 1.54) is 30.7 Å². The number of nitrogens with zero attached hydrogens (tertiary/aromatic N) is 2. The van der Waals surface area contributed by atoms with Crippen molar-refractivity contribution in [1.29, 1.82) is 0 Å². The standard InChI is InChI=1S/C11H22N2/c1-10(2)12-8-6-5-7-9-13-11(3)4/h5-9H2,1-4H3. The first kappa shape index (κ1) is 12.3. The van der Waals surface area contributed by atoms with Crippen molar-refractivity contribution in [2.24, 2.45) is 9.98 Å². The van der Waals surface area contributed by atoms with Gasteiger partial charge in [-0.1, -0.05) is 0 Å². The van der Waals surface area contributed by atoms with E-state index in [2.05, 4.69) is 9.98 Å². The molecule has 0 rings (SSSR count). The molecule has 2 heteroatoms. The molecule has 0 atom stereocenters. The zero-order valence-corrected chi connectivity index (χ0v) is 9.43. The molecule has 0 saturated heterocycles. The minimum atomic E-state index is 0.983. The Bertz CT molecular complexity index is 153. The summed E-state index contributed by atoms with van der Waals surface area (Å²) in [6.07, 6.45) is 3.64. The fraction of sp³-hybridized carbons (Fsp3) is 0.818. The first-order valence-corrected chi connectivity index (χ1v) is 5.08. The third-order valence-corrected chi connectivity index (χ3v) is 1.67. The number of hydrogen-bond donors (Lipinski definition) is 0. The summed E-state index contributed by atoms with van der Waals surface area (Å²) in [6.45, 7) is 10.2. The molecule has 2 nitrogen and oxygen atoms in total. The minimum Gasteiger partial charge on any atom is -0.295 e. The molecule has 0 aromatic heterocycles. The molecule has 76 valence electrons. The topological polar surface area (TPSA) is 24.7 Å². The normalized spacial score (nSPS) is 9.54. The van der Waals surface area contributed by atoms with Gasteiger partial charge in [0.1, 0.15) is 0 Å². The summed E-state index contributed by atoms with van der Waals surface area (Å²) >= 11 is 0. The number of hydrogen-bond acceptors (Lipinski definition) is 2. The van der Waals surface area contributed by atoms with Gasteiger partial charge in [0.25, 0.3) is 0 Å². The molecule has 0 aliphatic heterocycles. The maximum atomic E-state index is 4.34. The van der Waals surface area contributed by atoms with E-state index in [4.69, 9.17) is 0 Å². The van der Waals surface area contributed by atoms with Crippen molar-refractivity contribution in [3.05, 3.63) is 0 Å². The first-order valence-electron chi connectivity index (χ1n) is 5.08. The molecule has 0 aromatic rings. The van der Waals surface area contributed by atoms with Gasteiger partial charge < -0.3 is 0 Å². The van der Waals surface area contributed by atoms with Crippen LogP contribution in [0.2, 0.25) is 0 Å². The van der Waals surface area contributed by atoms with Gasteiger partial charge in [-0.3, -0.25) is 9.98 Å². The van der Waals surface area contributed by atoms with Crippen molar-refractivity contribution in [3.63, 3.8) is 0 Å². The van der Waals surface area contributed by atoms with Crippen LogP contribution < -0.4 is 0 Å². The van der Waals surface area contributed by atoms with Crippen molar-refractivity contribution in [1.82, 2.24) is 0 Å². The van der Waals surface area contributed by atoms with Crippen molar-refractivity contribution in [2.75, 3.05) is 13.1 Å². The van der Waals surface area contributed by atoms with E-state index < -0.39 is 0 Å². The van der Waals surface area contributed by atoms with Crippen LogP contribution in [-0.2, 0) is 0 Å². The van der Waals surface area contributed by atoms with Gasteiger partial charge in [-0.05, 0) is 47.0 Å². The minimum absolute atomic E-state index is 0.983. The lowest BCUT2D eigenvalue weighted by atomic mass is 10.2. The smallest absolute Gasteiger partial charge is 0.0388 e. The van der Waals surface area contributed by atoms with E-state index in [9.17, 15) is 0 Å². The van der Waals surface area contributed by atoms with Gasteiger partial charge >= 0.3 is 0 Å². The summed E-state index contributed by atoms with van der Waals surface area (Å²) in [6, 6.07) is 0. The van der Waals surface area contributed by atoms with E-state index in [1.54, 1.807) is 0 Å². The van der Waals surface area contributed by atoms with Crippen LogP contribution in [0, 0.1) is 0 Å². The lowest BCUT2D eigenvalue weighted by Gasteiger charge is -1.96. The average Bonchev–Trinajstić information content (AvgIpc) is 2.01. The first-order chi connectivity index (χ1) is 6.13. The van der Waals surface area contributed by atoms with E-state index in [0.717, 1.165) is 13.1 Å². The number of rotatable bonds is 6. The molecule has 0 aliphatic rings. The van der Waals surface area contributed by atoms with Crippen molar-refractivity contribution in [3.8, 4) is 0 Å². The van der Waals surface area contributed by atoms with Crippen LogP contribution >= 0.6 is 0 Å². The highest BCUT2D eigenvalue weighted by Gasteiger charge is 1.87. The molecular formula is C11H22N2. The van der Waals surface area contributed by atoms with Crippen molar-refractivity contribution in [2.45, 2.75) is 47.0 Å². The second-order valence-electron chi connectivity index (χ2n) is 3.72. The molecule has 0 N–H and O–H groups in total. The van der Waals surface area contributed by atoms with Gasteiger partial charge in [-0.15, -0.1) is 0 Å². The Morgan fingerprint density at radius 1 is 0.692 bits per heavy atom. The summed E-state index contributed by atoms with van der Waals surface area (Å²) in [5.74, 6) is 0. The maximum absolute atomic E-state index is 4.34. The third kappa shape index (κ3) is 11.3. The van der Waals surface area contributed by atoms with Gasteiger partial charge in [0.05, 0.1) is 0 Å². The fourth-order valence-electron chi connectivity index (χ4n) is 1.01. The summed E-state index contributed by atoms with van der Waals surface area (Å²) in [5.41, 5.74) is 2.37. The Kier molecular flexibility index (Phi) is 7.56. The molecule has 0 saturated carbocycles. The van der Waals surface area contributed by atoms with E-state index in [-0.39, 0.29) is 0 Å². The van der Waals surface area contributed by atoms with Crippen LogP contribution in [-0.4, -0.2) is 24.5 Å². The number of aliphatic imine (C=N–C) groups is 2. The van der Waals surface area contributed by atoms with Gasteiger partial charge in [0.15, 0.2) is 0 Å². The Balaban J connectivity index is 3.18. The predicted octanol–water partition coefficient (Wildman–Crippen LogP) is 3.12. The monoisotopic (exact) mass is 182 g/mol. The van der Waals surface area contributed by atoms with E-state index >= 15 is 0 Å². The average molecular weight is 182 g/mol. The largest absolute Gasteiger partial charge is 0.295 e. The quantitative estimate of drug-likeness (QED) is 0.445. The molecule has 0 heterocycles. The molecule has 0 unspecified atom stereocenters. The summed E-state index contributed by atoms with van der Waals surface area (Å²) in [7, 11) is 0.